The fourth-order valence-corrected chi connectivity index (χ4v) is 6.20. The standard InChI is InChI=1S/C22H28N2O4S2.C5H10O2/c1-17-15-22(30(27,28)21-8-4-3-5-9-21)16-19(18(17)2)7-6-14-29(25,26)24-20-10-12-23-13-11-20;1-5(2,3)7-4-6/h3-9,15-16,20,23-24H,10-14H2,1-2H3;4H,1-3H3. The van der Waals surface area contributed by atoms with Gasteiger partial charge in [-0.05, 0) is 102 Å². The number of carbonyl (C=O) groups excluding carboxylic acids is 1. The van der Waals surface area contributed by atoms with Gasteiger partial charge in [-0.2, -0.15) is 0 Å². The van der Waals surface area contributed by atoms with Gasteiger partial charge in [0.05, 0.1) is 15.5 Å². The van der Waals surface area contributed by atoms with Crippen LogP contribution in [-0.2, 0) is 29.4 Å². The van der Waals surface area contributed by atoms with Gasteiger partial charge in [0.15, 0.2) is 0 Å². The van der Waals surface area contributed by atoms with E-state index in [0.29, 0.717) is 12.0 Å². The van der Waals surface area contributed by atoms with Crippen LogP contribution in [0.5, 0.6) is 0 Å². The van der Waals surface area contributed by atoms with Crippen LogP contribution in [0, 0.1) is 13.8 Å². The van der Waals surface area contributed by atoms with Crippen molar-refractivity contribution >= 4 is 32.4 Å². The predicted molar refractivity (Wildman–Crippen MR) is 147 cm³/mol. The van der Waals surface area contributed by atoms with Crippen molar-refractivity contribution < 1.29 is 26.4 Å². The van der Waals surface area contributed by atoms with Gasteiger partial charge in [-0.1, -0.05) is 30.4 Å². The van der Waals surface area contributed by atoms with E-state index in [4.69, 9.17) is 0 Å². The van der Waals surface area contributed by atoms with E-state index in [0.717, 1.165) is 37.1 Å². The molecule has 0 aliphatic carbocycles. The highest BCUT2D eigenvalue weighted by Gasteiger charge is 2.20. The zero-order valence-corrected chi connectivity index (χ0v) is 23.8. The lowest BCUT2D eigenvalue weighted by Crippen LogP contribution is -2.43. The number of carbonyl (C=O) groups is 1. The molecule has 1 heterocycles. The summed E-state index contributed by atoms with van der Waals surface area (Å²) in [5, 5.41) is 3.21. The highest BCUT2D eigenvalue weighted by molar-refractivity contribution is 7.91. The zero-order valence-electron chi connectivity index (χ0n) is 22.2. The van der Waals surface area contributed by atoms with Crippen LogP contribution < -0.4 is 10.0 Å². The van der Waals surface area contributed by atoms with Crippen molar-refractivity contribution in [2.75, 3.05) is 18.8 Å². The summed E-state index contributed by atoms with van der Waals surface area (Å²) >= 11 is 0. The molecule has 0 amide bonds. The van der Waals surface area contributed by atoms with E-state index >= 15 is 0 Å². The van der Waals surface area contributed by atoms with Crippen molar-refractivity contribution in [1.82, 2.24) is 10.0 Å². The van der Waals surface area contributed by atoms with E-state index in [9.17, 15) is 21.6 Å². The Morgan fingerprint density at radius 1 is 1.00 bits per heavy atom. The molecule has 37 heavy (non-hydrogen) atoms. The molecule has 0 saturated carbocycles. The van der Waals surface area contributed by atoms with Crippen molar-refractivity contribution in [2.24, 2.45) is 0 Å². The molecule has 204 valence electrons. The van der Waals surface area contributed by atoms with E-state index in [1.165, 1.54) is 0 Å². The number of hydrogen-bond acceptors (Lipinski definition) is 7. The Bertz CT molecular complexity index is 1280. The van der Waals surface area contributed by atoms with Gasteiger partial charge in [-0.25, -0.2) is 21.6 Å². The first-order valence-electron chi connectivity index (χ1n) is 12.2. The molecule has 2 aromatic carbocycles. The Labute approximate surface area is 221 Å². The lowest BCUT2D eigenvalue weighted by Gasteiger charge is -2.23. The topological polar surface area (TPSA) is 119 Å². The average Bonchev–Trinajstić information content (AvgIpc) is 2.82. The second-order valence-electron chi connectivity index (χ2n) is 9.92. The molecule has 1 aliphatic heterocycles. The van der Waals surface area contributed by atoms with Gasteiger partial charge in [0, 0.05) is 6.04 Å². The molecule has 3 rings (SSSR count). The molecule has 0 bridgehead atoms. The van der Waals surface area contributed by atoms with Crippen molar-refractivity contribution in [3.63, 3.8) is 0 Å². The summed E-state index contributed by atoms with van der Waals surface area (Å²) in [6, 6.07) is 11.5. The van der Waals surface area contributed by atoms with Gasteiger partial charge in [0.25, 0.3) is 6.47 Å². The van der Waals surface area contributed by atoms with Crippen LogP contribution in [0.15, 0.2) is 58.3 Å². The maximum atomic E-state index is 13.0. The molecule has 0 aromatic heterocycles. The van der Waals surface area contributed by atoms with Crippen molar-refractivity contribution in [2.45, 2.75) is 68.9 Å². The van der Waals surface area contributed by atoms with Crippen LogP contribution >= 0.6 is 0 Å². The summed E-state index contributed by atoms with van der Waals surface area (Å²) in [7, 11) is -7.08. The van der Waals surface area contributed by atoms with E-state index in [2.05, 4.69) is 14.8 Å². The number of nitrogens with one attached hydrogen (secondary N) is 2. The number of rotatable bonds is 8. The Hall–Kier alpha value is -2.53. The molecule has 1 saturated heterocycles. The van der Waals surface area contributed by atoms with E-state index in [-0.39, 0.29) is 27.2 Å². The lowest BCUT2D eigenvalue weighted by atomic mass is 10.0. The smallest absolute Gasteiger partial charge is 0.293 e. The second kappa shape index (κ2) is 13.3. The minimum Gasteiger partial charge on any atom is -0.462 e. The Kier molecular flexibility index (Phi) is 11.0. The fraction of sp³-hybridized carbons (Fsp3) is 0.444. The molecule has 0 atom stereocenters. The Balaban J connectivity index is 0.000000604. The molecule has 2 N–H and O–H groups in total. The first-order chi connectivity index (χ1) is 17.2. The first kappa shape index (κ1) is 30.7. The van der Waals surface area contributed by atoms with Gasteiger partial charge in [-0.3, -0.25) is 4.79 Å². The number of sulfone groups is 1. The number of ether oxygens (including phenoxy) is 1. The molecule has 10 heteroatoms. The van der Waals surface area contributed by atoms with Gasteiger partial charge in [0.2, 0.25) is 19.9 Å². The number of hydrogen-bond donors (Lipinski definition) is 2. The normalized spacial score (nSPS) is 15.2. The third kappa shape index (κ3) is 10.0. The third-order valence-corrected chi connectivity index (χ3v) is 8.82. The average molecular weight is 551 g/mol. The van der Waals surface area contributed by atoms with E-state index in [1.54, 1.807) is 54.6 Å². The number of piperidine rings is 1. The summed E-state index contributed by atoms with van der Waals surface area (Å²) in [4.78, 5) is 10.0. The summed E-state index contributed by atoms with van der Waals surface area (Å²) in [6.45, 7) is 11.3. The van der Waals surface area contributed by atoms with Gasteiger partial charge in [0.1, 0.15) is 5.60 Å². The number of sulfonamides is 1. The highest BCUT2D eigenvalue weighted by atomic mass is 32.2. The third-order valence-electron chi connectivity index (χ3n) is 5.74. The first-order valence-corrected chi connectivity index (χ1v) is 15.3. The van der Waals surface area contributed by atoms with Crippen molar-refractivity contribution in [3.8, 4) is 0 Å². The quantitative estimate of drug-likeness (QED) is 0.480. The zero-order chi connectivity index (χ0) is 27.7. The van der Waals surface area contributed by atoms with Crippen LogP contribution in [0.4, 0.5) is 0 Å². The molecular formula is C27H38N2O6S2. The van der Waals surface area contributed by atoms with Crippen molar-refractivity contribution in [1.29, 1.82) is 0 Å². The molecule has 1 aliphatic rings. The van der Waals surface area contributed by atoms with Gasteiger partial charge < -0.3 is 10.1 Å². The molecule has 2 aromatic rings. The lowest BCUT2D eigenvalue weighted by molar-refractivity contribution is -0.138. The Morgan fingerprint density at radius 2 is 1.62 bits per heavy atom. The highest BCUT2D eigenvalue weighted by Crippen LogP contribution is 2.26. The maximum Gasteiger partial charge on any atom is 0.293 e. The predicted octanol–water partition coefficient (Wildman–Crippen LogP) is 3.78. The molecule has 0 radical (unpaired) electrons. The van der Waals surface area contributed by atoms with Gasteiger partial charge >= 0.3 is 0 Å². The number of benzene rings is 2. The summed E-state index contributed by atoms with van der Waals surface area (Å²) in [6.07, 6.45) is 4.82. The number of aryl methyl sites for hydroxylation is 1. The van der Waals surface area contributed by atoms with E-state index in [1.807, 2.05) is 34.6 Å². The largest absolute Gasteiger partial charge is 0.462 e. The fourth-order valence-electron chi connectivity index (χ4n) is 3.60. The molecule has 1 fully saturated rings. The minimum absolute atomic E-state index is 0.0343. The van der Waals surface area contributed by atoms with E-state index < -0.39 is 19.9 Å². The van der Waals surface area contributed by atoms with Crippen LogP contribution in [0.3, 0.4) is 0 Å². The molecule has 0 spiro atoms. The summed E-state index contributed by atoms with van der Waals surface area (Å²) < 4.78 is 58.0. The molecule has 8 nitrogen and oxygen atoms in total. The SMILES string of the molecule is CC(C)(C)OC=O.Cc1cc(S(=O)(=O)c2ccccc2)cc(C=CCS(=O)(=O)NC2CCNCC2)c1C. The van der Waals surface area contributed by atoms with Crippen molar-refractivity contribution in [3.05, 3.63) is 65.2 Å². The second-order valence-corrected chi connectivity index (χ2v) is 13.7. The van der Waals surface area contributed by atoms with Crippen LogP contribution in [0.1, 0.15) is 50.3 Å². The van der Waals surface area contributed by atoms with Crippen LogP contribution in [0.25, 0.3) is 6.08 Å². The molecular weight excluding hydrogens is 512 g/mol. The van der Waals surface area contributed by atoms with Gasteiger partial charge in [-0.15, -0.1) is 0 Å². The van der Waals surface area contributed by atoms with Crippen LogP contribution in [0.2, 0.25) is 0 Å². The Morgan fingerprint density at radius 3 is 2.16 bits per heavy atom. The molecule has 0 unspecified atom stereocenters. The minimum atomic E-state index is -3.64. The summed E-state index contributed by atoms with van der Waals surface area (Å²) in [5.41, 5.74) is 2.13. The van der Waals surface area contributed by atoms with Crippen LogP contribution in [-0.4, -0.2) is 53.8 Å². The monoisotopic (exact) mass is 550 g/mol. The summed E-state index contributed by atoms with van der Waals surface area (Å²) in [5.74, 6) is -0.148. The maximum absolute atomic E-state index is 13.0.